The second-order valence-electron chi connectivity index (χ2n) is 6.55. The lowest BCUT2D eigenvalue weighted by Crippen LogP contribution is -2.45. The van der Waals surface area contributed by atoms with Crippen molar-refractivity contribution in [2.75, 3.05) is 26.9 Å². The first kappa shape index (κ1) is 20.7. The van der Waals surface area contributed by atoms with Crippen molar-refractivity contribution in [2.45, 2.75) is 44.6 Å². The number of carbonyl (C=O) groups excluding carboxylic acids is 1. The topological polar surface area (TPSA) is 73.6 Å². The van der Waals surface area contributed by atoms with Gasteiger partial charge in [0.25, 0.3) is 0 Å². The summed E-state index contributed by atoms with van der Waals surface area (Å²) in [4.78, 5) is 12.0. The molecule has 0 aromatic heterocycles. The fourth-order valence-corrected chi connectivity index (χ4v) is 3.17. The smallest absolute Gasteiger partial charge is 0.221 e. The van der Waals surface area contributed by atoms with Gasteiger partial charge in [-0.2, -0.15) is 0 Å². The third-order valence-corrected chi connectivity index (χ3v) is 4.51. The van der Waals surface area contributed by atoms with Crippen LogP contribution in [0.5, 0.6) is 5.75 Å². The first-order chi connectivity index (χ1) is 11.0. The number of aryl methyl sites for hydroxylation is 1. The molecule has 136 valence electrons. The molecule has 1 unspecified atom stereocenters. The van der Waals surface area contributed by atoms with E-state index in [1.807, 2.05) is 19.1 Å². The molecular weight excluding hydrogens is 328 g/mol. The molecule has 0 aliphatic carbocycles. The molecule has 3 N–H and O–H groups in total. The van der Waals surface area contributed by atoms with Crippen LogP contribution in [0.1, 0.15) is 37.3 Å². The van der Waals surface area contributed by atoms with Crippen LogP contribution < -0.4 is 15.8 Å². The molecule has 0 saturated carbocycles. The molecule has 1 saturated heterocycles. The van der Waals surface area contributed by atoms with Gasteiger partial charge in [0.1, 0.15) is 5.75 Å². The number of amides is 1. The van der Waals surface area contributed by atoms with Crippen molar-refractivity contribution in [1.29, 1.82) is 0 Å². The maximum Gasteiger partial charge on any atom is 0.221 e. The van der Waals surface area contributed by atoms with Gasteiger partial charge in [0.15, 0.2) is 0 Å². The molecule has 6 heteroatoms. The first-order valence-electron chi connectivity index (χ1n) is 8.22. The van der Waals surface area contributed by atoms with Gasteiger partial charge in [-0.25, -0.2) is 0 Å². The maximum atomic E-state index is 12.0. The summed E-state index contributed by atoms with van der Waals surface area (Å²) in [6, 6.07) is 6.09. The number of benzene rings is 1. The SMILES string of the molecule is COc1ccc(C)cc1C1(CNC(=O)CC(C)N)CCOCC1.Cl. The van der Waals surface area contributed by atoms with Crippen LogP contribution in [0, 0.1) is 6.92 Å². The van der Waals surface area contributed by atoms with Gasteiger partial charge in [-0.15, -0.1) is 12.4 Å². The minimum Gasteiger partial charge on any atom is -0.496 e. The van der Waals surface area contributed by atoms with Crippen LogP contribution in [0.4, 0.5) is 0 Å². The average molecular weight is 357 g/mol. The van der Waals surface area contributed by atoms with E-state index in [1.54, 1.807) is 7.11 Å². The first-order valence-corrected chi connectivity index (χ1v) is 8.22. The maximum absolute atomic E-state index is 12.0. The summed E-state index contributed by atoms with van der Waals surface area (Å²) in [5.74, 6) is 0.872. The number of halogens is 1. The van der Waals surface area contributed by atoms with Gasteiger partial charge >= 0.3 is 0 Å². The van der Waals surface area contributed by atoms with E-state index in [9.17, 15) is 4.79 Å². The number of nitrogens with one attached hydrogen (secondary N) is 1. The highest BCUT2D eigenvalue weighted by Gasteiger charge is 2.37. The Labute approximate surface area is 150 Å². The fraction of sp³-hybridized carbons (Fsp3) is 0.611. The van der Waals surface area contributed by atoms with E-state index in [1.165, 1.54) is 5.56 Å². The summed E-state index contributed by atoms with van der Waals surface area (Å²) in [6.45, 7) is 5.89. The van der Waals surface area contributed by atoms with Crippen LogP contribution in [0.25, 0.3) is 0 Å². The number of nitrogens with two attached hydrogens (primary N) is 1. The van der Waals surface area contributed by atoms with E-state index in [0.29, 0.717) is 26.2 Å². The standard InChI is InChI=1S/C18H28N2O3.ClH/c1-13-4-5-16(22-3)15(10-13)18(6-8-23-9-7-18)12-20-17(21)11-14(2)19;/h4-5,10,14H,6-9,11-12,19H2,1-3H3,(H,20,21);1H. The third kappa shape index (κ3) is 5.10. The van der Waals surface area contributed by atoms with Crippen molar-refractivity contribution in [3.63, 3.8) is 0 Å². The lowest BCUT2D eigenvalue weighted by molar-refractivity contribution is -0.121. The van der Waals surface area contributed by atoms with Crippen molar-refractivity contribution in [2.24, 2.45) is 5.73 Å². The van der Waals surface area contributed by atoms with E-state index in [2.05, 4.69) is 18.3 Å². The van der Waals surface area contributed by atoms with E-state index < -0.39 is 0 Å². The number of ether oxygens (including phenoxy) is 2. The Morgan fingerprint density at radius 3 is 2.67 bits per heavy atom. The number of rotatable bonds is 6. The average Bonchev–Trinajstić information content (AvgIpc) is 2.53. The molecule has 1 aromatic carbocycles. The Bertz CT molecular complexity index is 543. The molecule has 1 atom stereocenters. The van der Waals surface area contributed by atoms with E-state index >= 15 is 0 Å². The van der Waals surface area contributed by atoms with Crippen LogP contribution >= 0.6 is 12.4 Å². The van der Waals surface area contributed by atoms with Crippen molar-refractivity contribution in [1.82, 2.24) is 5.32 Å². The molecule has 1 amide bonds. The van der Waals surface area contributed by atoms with Crippen molar-refractivity contribution >= 4 is 18.3 Å². The zero-order valence-electron chi connectivity index (χ0n) is 14.8. The van der Waals surface area contributed by atoms with Crippen molar-refractivity contribution in [3.05, 3.63) is 29.3 Å². The molecule has 5 nitrogen and oxygen atoms in total. The summed E-state index contributed by atoms with van der Waals surface area (Å²) in [6.07, 6.45) is 2.08. The molecule has 1 aliphatic rings. The highest BCUT2D eigenvalue weighted by atomic mass is 35.5. The monoisotopic (exact) mass is 356 g/mol. The summed E-state index contributed by atoms with van der Waals surface area (Å²) in [5.41, 5.74) is 7.91. The second kappa shape index (κ2) is 9.25. The van der Waals surface area contributed by atoms with Gasteiger partial charge in [0.2, 0.25) is 5.91 Å². The normalized spacial score (nSPS) is 17.5. The van der Waals surface area contributed by atoms with E-state index in [-0.39, 0.29) is 29.8 Å². The molecule has 2 rings (SSSR count). The van der Waals surface area contributed by atoms with Crippen LogP contribution in [0.3, 0.4) is 0 Å². The van der Waals surface area contributed by atoms with Crippen LogP contribution in [-0.4, -0.2) is 38.8 Å². The van der Waals surface area contributed by atoms with Crippen LogP contribution in [0.15, 0.2) is 18.2 Å². The second-order valence-corrected chi connectivity index (χ2v) is 6.55. The molecule has 1 aromatic rings. The van der Waals surface area contributed by atoms with Crippen LogP contribution in [0.2, 0.25) is 0 Å². The Hall–Kier alpha value is -1.30. The fourth-order valence-electron chi connectivity index (χ4n) is 3.17. The van der Waals surface area contributed by atoms with Crippen molar-refractivity contribution < 1.29 is 14.3 Å². The van der Waals surface area contributed by atoms with E-state index in [4.69, 9.17) is 15.2 Å². The molecule has 0 spiro atoms. The summed E-state index contributed by atoms with van der Waals surface area (Å²) < 4.78 is 11.1. The lowest BCUT2D eigenvalue weighted by atomic mass is 9.73. The molecule has 0 radical (unpaired) electrons. The van der Waals surface area contributed by atoms with Crippen LogP contribution in [-0.2, 0) is 14.9 Å². The minimum atomic E-state index is -0.150. The summed E-state index contributed by atoms with van der Waals surface area (Å²) >= 11 is 0. The Balaban J connectivity index is 0.00000288. The number of carbonyl (C=O) groups is 1. The highest BCUT2D eigenvalue weighted by Crippen LogP contribution is 2.40. The molecule has 1 aliphatic heterocycles. The Kier molecular flexibility index (Phi) is 8.00. The van der Waals surface area contributed by atoms with Gasteiger partial charge in [0, 0.05) is 43.2 Å². The number of methoxy groups -OCH3 is 1. The predicted molar refractivity (Wildman–Crippen MR) is 98.0 cm³/mol. The van der Waals surface area contributed by atoms with Gasteiger partial charge in [-0.05, 0) is 32.8 Å². The predicted octanol–water partition coefficient (Wildman–Crippen LogP) is 2.33. The molecule has 1 fully saturated rings. The molecule has 0 bridgehead atoms. The quantitative estimate of drug-likeness (QED) is 0.820. The zero-order valence-corrected chi connectivity index (χ0v) is 15.6. The third-order valence-electron chi connectivity index (χ3n) is 4.51. The zero-order chi connectivity index (χ0) is 16.9. The summed E-state index contributed by atoms with van der Waals surface area (Å²) in [7, 11) is 1.69. The summed E-state index contributed by atoms with van der Waals surface area (Å²) in [5, 5.41) is 3.06. The minimum absolute atomic E-state index is 0. The lowest BCUT2D eigenvalue weighted by Gasteiger charge is -2.39. The Morgan fingerprint density at radius 1 is 1.42 bits per heavy atom. The molecular formula is C18H29ClN2O3. The highest BCUT2D eigenvalue weighted by molar-refractivity contribution is 5.85. The van der Waals surface area contributed by atoms with Gasteiger partial charge in [0.05, 0.1) is 7.11 Å². The largest absolute Gasteiger partial charge is 0.496 e. The van der Waals surface area contributed by atoms with Gasteiger partial charge < -0.3 is 20.5 Å². The molecule has 24 heavy (non-hydrogen) atoms. The van der Waals surface area contributed by atoms with Gasteiger partial charge in [-0.1, -0.05) is 17.7 Å². The Morgan fingerprint density at radius 2 is 2.08 bits per heavy atom. The number of hydrogen-bond donors (Lipinski definition) is 2. The van der Waals surface area contributed by atoms with Gasteiger partial charge in [-0.3, -0.25) is 4.79 Å². The van der Waals surface area contributed by atoms with Crippen molar-refractivity contribution in [3.8, 4) is 5.75 Å². The molecule has 1 heterocycles. The van der Waals surface area contributed by atoms with E-state index in [0.717, 1.165) is 24.2 Å². The number of hydrogen-bond acceptors (Lipinski definition) is 4.